The van der Waals surface area contributed by atoms with Gasteiger partial charge in [0.25, 0.3) is 0 Å². The minimum Gasteiger partial charge on any atom is -0.373 e. The van der Waals surface area contributed by atoms with Crippen molar-refractivity contribution >= 4 is 41.5 Å². The van der Waals surface area contributed by atoms with Crippen molar-refractivity contribution in [1.29, 1.82) is 0 Å². The summed E-state index contributed by atoms with van der Waals surface area (Å²) in [4.78, 5) is 7.14. The van der Waals surface area contributed by atoms with Gasteiger partial charge in [0.05, 0.1) is 30.8 Å². The predicted octanol–water partition coefficient (Wildman–Crippen LogP) is 4.11. The van der Waals surface area contributed by atoms with Crippen molar-refractivity contribution in [3.05, 3.63) is 34.6 Å². The summed E-state index contributed by atoms with van der Waals surface area (Å²) in [6.45, 7) is 5.21. The van der Waals surface area contributed by atoms with Gasteiger partial charge in [-0.05, 0) is 64.3 Å². The van der Waals surface area contributed by atoms with E-state index in [0.717, 1.165) is 51.3 Å². The number of benzene rings is 1. The Bertz CT molecular complexity index is 696. The molecule has 1 aromatic rings. The molecular formula is C21H31ClFIN4O. The van der Waals surface area contributed by atoms with Gasteiger partial charge >= 0.3 is 0 Å². The van der Waals surface area contributed by atoms with Crippen molar-refractivity contribution < 1.29 is 9.13 Å². The first kappa shape index (κ1) is 23.0. The third kappa shape index (κ3) is 5.35. The number of hydrogen-bond donors (Lipinski definition) is 2. The second kappa shape index (κ2) is 10.6. The summed E-state index contributed by atoms with van der Waals surface area (Å²) in [5.74, 6) is 0.527. The Morgan fingerprint density at radius 2 is 2.14 bits per heavy atom. The van der Waals surface area contributed by atoms with Gasteiger partial charge in [-0.2, -0.15) is 0 Å². The van der Waals surface area contributed by atoms with E-state index >= 15 is 0 Å². The average molecular weight is 537 g/mol. The fraction of sp³-hybridized carbons (Fsp3) is 0.667. The summed E-state index contributed by atoms with van der Waals surface area (Å²) in [7, 11) is 0. The number of halogens is 3. The maximum atomic E-state index is 14.6. The van der Waals surface area contributed by atoms with Crippen LogP contribution in [0.3, 0.4) is 0 Å². The number of likely N-dealkylation sites (tertiary alicyclic amines) is 1. The Morgan fingerprint density at radius 1 is 1.34 bits per heavy atom. The smallest absolute Gasteiger partial charge is 0.191 e. The molecule has 3 aliphatic rings. The predicted molar refractivity (Wildman–Crippen MR) is 126 cm³/mol. The lowest BCUT2D eigenvalue weighted by Gasteiger charge is -2.28. The highest BCUT2D eigenvalue weighted by atomic mass is 127. The molecule has 0 spiro atoms. The summed E-state index contributed by atoms with van der Waals surface area (Å²) in [5, 5.41) is 7.36. The van der Waals surface area contributed by atoms with Gasteiger partial charge in [-0.3, -0.25) is 9.89 Å². The van der Waals surface area contributed by atoms with Crippen molar-refractivity contribution in [2.45, 2.75) is 63.3 Å². The van der Waals surface area contributed by atoms with Crippen LogP contribution < -0.4 is 10.6 Å². The van der Waals surface area contributed by atoms with E-state index < -0.39 is 0 Å². The van der Waals surface area contributed by atoms with Crippen LogP contribution in [0.15, 0.2) is 23.2 Å². The fourth-order valence-electron chi connectivity index (χ4n) is 4.73. The van der Waals surface area contributed by atoms with E-state index in [1.54, 1.807) is 12.1 Å². The molecule has 5 nitrogen and oxygen atoms in total. The minimum atomic E-state index is -0.251. The lowest BCUT2D eigenvalue weighted by Crippen LogP contribution is -2.47. The molecule has 3 aliphatic heterocycles. The molecule has 0 radical (unpaired) electrons. The molecule has 0 aliphatic carbocycles. The molecule has 4 atom stereocenters. The Morgan fingerprint density at radius 3 is 2.76 bits per heavy atom. The maximum absolute atomic E-state index is 14.6. The third-order valence-corrected chi connectivity index (χ3v) is 6.44. The molecule has 4 rings (SSSR count). The van der Waals surface area contributed by atoms with Crippen LogP contribution in [0.4, 0.5) is 4.39 Å². The van der Waals surface area contributed by atoms with Gasteiger partial charge in [0.1, 0.15) is 5.82 Å². The second-order valence-corrected chi connectivity index (χ2v) is 8.38. The molecule has 0 saturated carbocycles. The van der Waals surface area contributed by atoms with Gasteiger partial charge in [-0.15, -0.1) is 24.0 Å². The zero-order valence-electron chi connectivity index (χ0n) is 16.9. The van der Waals surface area contributed by atoms with Crippen LogP contribution in [-0.4, -0.2) is 55.3 Å². The molecule has 3 saturated heterocycles. The monoisotopic (exact) mass is 536 g/mol. The molecule has 8 heteroatoms. The van der Waals surface area contributed by atoms with E-state index in [2.05, 4.69) is 22.5 Å². The van der Waals surface area contributed by atoms with E-state index in [9.17, 15) is 4.39 Å². The van der Waals surface area contributed by atoms with Crippen molar-refractivity contribution in [3.63, 3.8) is 0 Å². The number of nitrogens with zero attached hydrogens (tertiary/aromatic N) is 2. The molecule has 4 unspecified atom stereocenters. The Hall–Kier alpha value is -0.640. The highest BCUT2D eigenvalue weighted by Crippen LogP contribution is 2.35. The van der Waals surface area contributed by atoms with E-state index in [1.165, 1.54) is 12.5 Å². The van der Waals surface area contributed by atoms with Gasteiger partial charge in [-0.1, -0.05) is 17.7 Å². The topological polar surface area (TPSA) is 48.9 Å². The molecule has 0 amide bonds. The van der Waals surface area contributed by atoms with Crippen LogP contribution in [0, 0.1) is 5.82 Å². The van der Waals surface area contributed by atoms with Crippen molar-refractivity contribution in [2.75, 3.05) is 26.2 Å². The number of fused-ring (bicyclic) bond motifs is 2. The Labute approximate surface area is 194 Å². The van der Waals surface area contributed by atoms with Crippen LogP contribution >= 0.6 is 35.6 Å². The van der Waals surface area contributed by atoms with Gasteiger partial charge in [0.15, 0.2) is 5.96 Å². The summed E-state index contributed by atoms with van der Waals surface area (Å²) < 4.78 is 20.6. The highest BCUT2D eigenvalue weighted by Gasteiger charge is 2.41. The van der Waals surface area contributed by atoms with E-state index in [0.29, 0.717) is 29.3 Å². The molecule has 3 fully saturated rings. The van der Waals surface area contributed by atoms with Crippen LogP contribution in [0.1, 0.15) is 50.6 Å². The number of aliphatic imine (C=N–C) groups is 1. The SMILES string of the molecule is CCNC(=NCC(c1c(F)cccc1Cl)N1CCCC1)NC1CC2CCC1O2.I. The van der Waals surface area contributed by atoms with Gasteiger partial charge in [-0.25, -0.2) is 4.39 Å². The van der Waals surface area contributed by atoms with E-state index in [4.69, 9.17) is 21.3 Å². The number of ether oxygens (including phenoxy) is 1. The first-order valence-electron chi connectivity index (χ1n) is 10.5. The first-order chi connectivity index (χ1) is 13.7. The largest absolute Gasteiger partial charge is 0.373 e. The Kier molecular flexibility index (Phi) is 8.41. The summed E-state index contributed by atoms with van der Waals surface area (Å²) in [6.07, 6.45) is 6.25. The minimum absolute atomic E-state index is 0. The standard InChI is InChI=1S/C21H30ClFN4O.HI/c1-2-24-21(26-17-12-14-8-9-19(17)28-14)25-13-18(27-10-3-4-11-27)20-15(22)6-5-7-16(20)23;/h5-7,14,17-19H,2-4,8-13H2,1H3,(H2,24,25,26);1H. The third-order valence-electron chi connectivity index (χ3n) is 6.11. The normalized spacial score (nSPS) is 27.7. The molecule has 0 aromatic heterocycles. The summed E-state index contributed by atoms with van der Waals surface area (Å²) in [5.41, 5.74) is 0.564. The summed E-state index contributed by atoms with van der Waals surface area (Å²) >= 11 is 6.40. The summed E-state index contributed by atoms with van der Waals surface area (Å²) in [6, 6.07) is 5.07. The zero-order valence-corrected chi connectivity index (χ0v) is 20.0. The number of hydrogen-bond acceptors (Lipinski definition) is 3. The van der Waals surface area contributed by atoms with Crippen LogP contribution in [-0.2, 0) is 4.74 Å². The lowest BCUT2D eigenvalue weighted by atomic mass is 9.96. The molecule has 3 heterocycles. The van der Waals surface area contributed by atoms with Crippen LogP contribution in [0.5, 0.6) is 0 Å². The van der Waals surface area contributed by atoms with Gasteiger partial charge in [0, 0.05) is 17.1 Å². The quantitative estimate of drug-likeness (QED) is 0.326. The molecule has 1 aromatic carbocycles. The molecule has 2 N–H and O–H groups in total. The number of nitrogens with one attached hydrogen (secondary N) is 2. The molecule has 162 valence electrons. The van der Waals surface area contributed by atoms with Gasteiger partial charge in [0.2, 0.25) is 0 Å². The molecular weight excluding hydrogens is 506 g/mol. The van der Waals surface area contributed by atoms with Gasteiger partial charge < -0.3 is 15.4 Å². The van der Waals surface area contributed by atoms with Crippen molar-refractivity contribution in [2.24, 2.45) is 4.99 Å². The lowest BCUT2D eigenvalue weighted by molar-refractivity contribution is 0.0992. The number of rotatable bonds is 6. The maximum Gasteiger partial charge on any atom is 0.191 e. The first-order valence-corrected chi connectivity index (χ1v) is 10.9. The average Bonchev–Trinajstić information content (AvgIpc) is 3.42. The van der Waals surface area contributed by atoms with Crippen LogP contribution in [0.25, 0.3) is 0 Å². The van der Waals surface area contributed by atoms with E-state index in [-0.39, 0.29) is 41.9 Å². The van der Waals surface area contributed by atoms with Crippen molar-refractivity contribution in [1.82, 2.24) is 15.5 Å². The molecule has 2 bridgehead atoms. The highest BCUT2D eigenvalue weighted by molar-refractivity contribution is 14.0. The zero-order chi connectivity index (χ0) is 19.5. The molecule has 29 heavy (non-hydrogen) atoms. The Balaban J connectivity index is 0.00000240. The van der Waals surface area contributed by atoms with Crippen LogP contribution in [0.2, 0.25) is 5.02 Å². The second-order valence-electron chi connectivity index (χ2n) is 7.97. The number of guanidine groups is 1. The van der Waals surface area contributed by atoms with E-state index in [1.807, 2.05) is 0 Å². The fourth-order valence-corrected chi connectivity index (χ4v) is 5.02. The van der Waals surface area contributed by atoms with Crippen molar-refractivity contribution in [3.8, 4) is 0 Å².